The summed E-state index contributed by atoms with van der Waals surface area (Å²) >= 11 is 0. The number of ether oxygens (including phenoxy) is 8. The second kappa shape index (κ2) is 23.1. The Bertz CT molecular complexity index is 2380. The van der Waals surface area contributed by atoms with Crippen molar-refractivity contribution in [1.82, 2.24) is 0 Å². The molecule has 4 saturated heterocycles. The van der Waals surface area contributed by atoms with Crippen LogP contribution in [0.2, 0.25) is 0 Å². The summed E-state index contributed by atoms with van der Waals surface area (Å²) in [6, 6.07) is 0. The van der Waals surface area contributed by atoms with Crippen LogP contribution in [0.15, 0.2) is 11.6 Å². The van der Waals surface area contributed by atoms with Gasteiger partial charge in [-0.05, 0) is 109 Å². The summed E-state index contributed by atoms with van der Waals surface area (Å²) in [6.45, 7) is 12.3. The third-order valence-electron chi connectivity index (χ3n) is 21.6. The summed E-state index contributed by atoms with van der Waals surface area (Å²) in [5.74, 6) is -0.647. The van der Waals surface area contributed by atoms with Crippen LogP contribution in [0.5, 0.6) is 0 Å². The van der Waals surface area contributed by atoms with Crippen LogP contribution in [-0.4, -0.2) is 241 Å². The smallest absolute Gasteiger partial charge is 0.397 e. The second-order valence-electron chi connectivity index (χ2n) is 26.9. The molecule has 9 aliphatic rings. The molecule has 26 nitrogen and oxygen atoms in total. The summed E-state index contributed by atoms with van der Waals surface area (Å²) in [6.07, 6.45) is -28.3. The van der Waals surface area contributed by atoms with E-state index in [2.05, 4.69) is 40.7 Å². The van der Waals surface area contributed by atoms with Crippen molar-refractivity contribution < 1.29 is 126 Å². The van der Waals surface area contributed by atoms with Crippen molar-refractivity contribution in [1.29, 1.82) is 0 Å². The van der Waals surface area contributed by atoms with Gasteiger partial charge in [-0.2, -0.15) is 8.42 Å². The van der Waals surface area contributed by atoms with Gasteiger partial charge in [0.05, 0.1) is 37.9 Å². The Labute approximate surface area is 471 Å². The SMILES string of the molecule is CC1(C)CC[C@]2(C(=O)O[C@@H]3O[C@H](CO[C@@H]4O[C@H](CO)[C@@H](O)[C@H](O)[C@@H]4O[C@@H]4O[C@H](CO[C@@H]5O[C@H](CO)[C@@H](O)[C@H](O)[C@H]5O)[C@@H](O)[C@H](O)[C@H]4O)[C@@H](O)[C@H](O)[C@H]3O)CC[C@]3(C)C(=CC[C@@H]4[C@@]5(C)CC[C@H](OS(=O)(=O)O)C(C)(C)[C@@H]5CC[C@]43C)[C@@H]2C1. The molecule has 0 aromatic rings. The quantitative estimate of drug-likeness (QED) is 0.0498. The van der Waals surface area contributed by atoms with Crippen molar-refractivity contribution in [3.05, 3.63) is 11.6 Å². The molecule has 0 aromatic heterocycles. The standard InChI is InChI=1S/C54H88O26S/c1-49(2)14-16-54(17-15-52(6)23(24(54)18-49)8-9-30-51(5)12-11-31(80-81(69,70)71)50(3,4)29(51)10-13-53(30,52)7)48(68)79-46-42(67)38(63)35(60)28(77-46)22-73-47-43(39(64)33(58)26(20-56)75-47)78-45-41(66)37(62)34(59)27(76-45)21-72-44-40(65)36(61)32(57)25(19-55)74-44/h8,24-47,55-67H,9-22H2,1-7H3,(H,69,70,71)/t24-,25+,26+,27+,28+,29-,30+,31-,32+,33+,34+,35+,36-,37-,38-,39-,40+,41+,42+,43-,44+,45-,46-,47+,51-,52+,53+,54-/m0/s1. The van der Waals surface area contributed by atoms with E-state index in [1.54, 1.807) is 0 Å². The van der Waals surface area contributed by atoms with Gasteiger partial charge in [0, 0.05) is 0 Å². The van der Waals surface area contributed by atoms with Crippen LogP contribution in [0.3, 0.4) is 0 Å². The Morgan fingerprint density at radius 1 is 0.580 bits per heavy atom. The monoisotopic (exact) mass is 1180 g/mol. The number of carbonyl (C=O) groups excluding carboxylic acids is 1. The van der Waals surface area contributed by atoms with E-state index in [4.69, 9.17) is 42.1 Å². The highest BCUT2D eigenvalue weighted by molar-refractivity contribution is 7.80. The molecular formula is C54H88O26S. The summed E-state index contributed by atoms with van der Waals surface area (Å²) in [5.41, 5.74) is -1.44. The van der Waals surface area contributed by atoms with E-state index in [1.807, 2.05) is 13.8 Å². The van der Waals surface area contributed by atoms with Gasteiger partial charge in [-0.3, -0.25) is 9.35 Å². The Kier molecular flexibility index (Phi) is 18.2. The molecule has 0 radical (unpaired) electrons. The van der Waals surface area contributed by atoms with E-state index in [1.165, 1.54) is 5.57 Å². The number of fused-ring (bicyclic) bond motifs is 7. The Hall–Kier alpha value is -1.72. The molecule has 9 rings (SSSR count). The summed E-state index contributed by atoms with van der Waals surface area (Å²) < 4.78 is 85.3. The molecule has 0 unspecified atom stereocenters. The number of aliphatic hydroxyl groups is 13. The summed E-state index contributed by atoms with van der Waals surface area (Å²) in [5, 5.41) is 140. The predicted octanol–water partition coefficient (Wildman–Crippen LogP) is -2.21. The van der Waals surface area contributed by atoms with Gasteiger partial charge in [-0.15, -0.1) is 0 Å². The Morgan fingerprint density at radius 3 is 1.68 bits per heavy atom. The van der Waals surface area contributed by atoms with Crippen LogP contribution >= 0.6 is 0 Å². The topological polar surface area (TPSA) is 418 Å². The van der Waals surface area contributed by atoms with Gasteiger partial charge in [0.15, 0.2) is 18.9 Å². The minimum absolute atomic E-state index is 0.0933. The molecule has 0 aromatic carbocycles. The van der Waals surface area contributed by atoms with Crippen LogP contribution in [0.25, 0.3) is 0 Å². The van der Waals surface area contributed by atoms with E-state index in [0.717, 1.165) is 19.3 Å². The Morgan fingerprint density at radius 2 is 1.09 bits per heavy atom. The van der Waals surface area contributed by atoms with Gasteiger partial charge < -0.3 is 104 Å². The summed E-state index contributed by atoms with van der Waals surface area (Å²) in [4.78, 5) is 15.2. The van der Waals surface area contributed by atoms with Crippen molar-refractivity contribution >= 4 is 16.4 Å². The van der Waals surface area contributed by atoms with Crippen LogP contribution in [0, 0.1) is 50.2 Å². The maximum Gasteiger partial charge on any atom is 0.397 e. The molecule has 28 atom stereocenters. The first-order chi connectivity index (χ1) is 37.7. The molecule has 466 valence electrons. The fourth-order valence-electron chi connectivity index (χ4n) is 16.5. The highest BCUT2D eigenvalue weighted by atomic mass is 32.3. The molecule has 27 heteroatoms. The molecule has 0 bridgehead atoms. The van der Waals surface area contributed by atoms with Crippen molar-refractivity contribution in [2.45, 2.75) is 242 Å². The lowest BCUT2D eigenvalue weighted by Crippen LogP contribution is -2.66. The fourth-order valence-corrected chi connectivity index (χ4v) is 17.2. The normalized spacial score (nSPS) is 51.6. The van der Waals surface area contributed by atoms with E-state index >= 15 is 4.79 Å². The minimum atomic E-state index is -4.67. The number of carbonyl (C=O) groups is 1. The van der Waals surface area contributed by atoms with Crippen molar-refractivity contribution in [2.75, 3.05) is 26.4 Å². The molecule has 8 fully saturated rings. The number of esters is 1. The zero-order valence-electron chi connectivity index (χ0n) is 46.9. The minimum Gasteiger partial charge on any atom is -0.432 e. The first-order valence-electron chi connectivity index (χ1n) is 28.5. The summed E-state index contributed by atoms with van der Waals surface area (Å²) in [7, 11) is -4.67. The number of allylic oxidation sites excluding steroid dienone is 2. The predicted molar refractivity (Wildman–Crippen MR) is 273 cm³/mol. The lowest BCUT2D eigenvalue weighted by Gasteiger charge is -2.71. The van der Waals surface area contributed by atoms with Crippen LogP contribution < -0.4 is 0 Å². The molecule has 0 amide bonds. The molecule has 0 spiro atoms. The van der Waals surface area contributed by atoms with E-state index in [9.17, 15) is 79.4 Å². The van der Waals surface area contributed by atoms with Crippen LogP contribution in [0.1, 0.15) is 113 Å². The van der Waals surface area contributed by atoms with Gasteiger partial charge in [0.1, 0.15) is 97.7 Å². The van der Waals surface area contributed by atoms with Gasteiger partial charge in [0.2, 0.25) is 6.29 Å². The lowest BCUT2D eigenvalue weighted by atomic mass is 9.33. The number of rotatable bonds is 14. The average Bonchev–Trinajstić information content (AvgIpc) is 0.957. The van der Waals surface area contributed by atoms with Crippen molar-refractivity contribution in [2.24, 2.45) is 50.2 Å². The number of hydrogen-bond acceptors (Lipinski definition) is 25. The molecule has 4 aliphatic heterocycles. The molecular weight excluding hydrogens is 1100 g/mol. The Balaban J connectivity index is 0.903. The number of hydrogen-bond donors (Lipinski definition) is 14. The highest BCUT2D eigenvalue weighted by Crippen LogP contribution is 2.76. The van der Waals surface area contributed by atoms with Crippen LogP contribution in [0.4, 0.5) is 0 Å². The van der Waals surface area contributed by atoms with Crippen LogP contribution in [-0.2, 0) is 57.3 Å². The molecule has 4 heterocycles. The van der Waals surface area contributed by atoms with E-state index in [0.29, 0.717) is 44.9 Å². The van der Waals surface area contributed by atoms with Gasteiger partial charge in [-0.25, -0.2) is 4.18 Å². The maximum atomic E-state index is 15.2. The third kappa shape index (κ3) is 11.1. The second-order valence-corrected chi connectivity index (χ2v) is 27.9. The van der Waals surface area contributed by atoms with Crippen molar-refractivity contribution in [3.8, 4) is 0 Å². The lowest BCUT2D eigenvalue weighted by molar-refractivity contribution is -0.376. The van der Waals surface area contributed by atoms with E-state index in [-0.39, 0.29) is 39.4 Å². The average molecular weight is 1190 g/mol. The molecule has 4 saturated carbocycles. The maximum absolute atomic E-state index is 15.2. The fraction of sp³-hybridized carbons (Fsp3) is 0.944. The zero-order chi connectivity index (χ0) is 59.5. The van der Waals surface area contributed by atoms with E-state index < -0.39 is 183 Å². The largest absolute Gasteiger partial charge is 0.432 e. The first kappa shape index (κ1) is 63.8. The van der Waals surface area contributed by atoms with Gasteiger partial charge in [-0.1, -0.05) is 60.1 Å². The van der Waals surface area contributed by atoms with Gasteiger partial charge >= 0.3 is 16.4 Å². The zero-order valence-corrected chi connectivity index (χ0v) is 47.7. The molecule has 81 heavy (non-hydrogen) atoms. The van der Waals surface area contributed by atoms with Crippen molar-refractivity contribution in [3.63, 3.8) is 0 Å². The first-order valence-corrected chi connectivity index (χ1v) is 29.8. The number of aliphatic hydroxyl groups excluding tert-OH is 13. The molecule has 14 N–H and O–H groups in total. The third-order valence-corrected chi connectivity index (χ3v) is 22.1. The van der Waals surface area contributed by atoms with Gasteiger partial charge in [0.25, 0.3) is 0 Å². The molecule has 5 aliphatic carbocycles. The highest BCUT2D eigenvalue weighted by Gasteiger charge is 2.70.